The van der Waals surface area contributed by atoms with E-state index < -0.39 is 0 Å². The lowest BCUT2D eigenvalue weighted by Crippen LogP contribution is -2.52. The Morgan fingerprint density at radius 2 is 1.97 bits per heavy atom. The van der Waals surface area contributed by atoms with Crippen molar-refractivity contribution in [3.8, 4) is 0 Å². The van der Waals surface area contributed by atoms with Crippen LogP contribution in [0.3, 0.4) is 0 Å². The summed E-state index contributed by atoms with van der Waals surface area (Å²) < 4.78 is 6.15. The molecule has 1 saturated carbocycles. The first-order chi connectivity index (χ1) is 17.0. The highest BCUT2D eigenvalue weighted by Gasteiger charge is 2.32. The largest absolute Gasteiger partial charge is 0.363 e. The van der Waals surface area contributed by atoms with E-state index in [1.807, 2.05) is 43.1 Å². The minimum Gasteiger partial charge on any atom is -0.363 e. The molecule has 3 rings (SSSR count). The van der Waals surface area contributed by atoms with Crippen molar-refractivity contribution >= 4 is 23.5 Å². The highest BCUT2D eigenvalue weighted by molar-refractivity contribution is 6.30. The normalized spacial score (nSPS) is 20.8. The summed E-state index contributed by atoms with van der Waals surface area (Å²) in [4.78, 5) is 27.3. The van der Waals surface area contributed by atoms with E-state index in [4.69, 9.17) is 16.3 Å². The zero-order valence-corrected chi connectivity index (χ0v) is 22.1. The molecule has 1 aliphatic carbocycles. The van der Waals surface area contributed by atoms with E-state index in [2.05, 4.69) is 16.0 Å². The van der Waals surface area contributed by atoms with E-state index in [-0.39, 0.29) is 36.6 Å². The van der Waals surface area contributed by atoms with Gasteiger partial charge in [-0.15, -0.1) is 0 Å². The lowest BCUT2D eigenvalue weighted by molar-refractivity contribution is -0.129. The molecule has 3 atom stereocenters. The van der Waals surface area contributed by atoms with E-state index >= 15 is 0 Å². The van der Waals surface area contributed by atoms with Crippen LogP contribution >= 0.6 is 11.6 Å². The molecule has 1 aromatic rings. The van der Waals surface area contributed by atoms with Crippen LogP contribution in [-0.4, -0.2) is 62.7 Å². The molecule has 1 aromatic carbocycles. The number of halogens is 1. The van der Waals surface area contributed by atoms with Gasteiger partial charge in [0.05, 0.1) is 6.10 Å². The van der Waals surface area contributed by atoms with Crippen molar-refractivity contribution in [3.63, 3.8) is 0 Å². The second-order valence-corrected chi connectivity index (χ2v) is 10.5. The number of hydrogen-bond acceptors (Lipinski definition) is 4. The predicted octanol–water partition coefficient (Wildman–Crippen LogP) is 4.51. The standard InChI is InChI=1S/C27H43ClN4O3/c1-3-30-25(33)19-35-26(21-11-7-13-23(28)16-21)22-12-8-14-32(18-22)27(34)31-24(17-29-2)15-20-9-5-4-6-10-20/h7,11,13,16,20,22,24,26,29H,3-6,8-10,12,14-15,17-19H2,1-2H3,(H,30,33)(H,31,34)/t22-,24+,26?/m1/s1. The average molecular weight is 507 g/mol. The second kappa shape index (κ2) is 14.7. The number of amides is 3. The van der Waals surface area contributed by atoms with Gasteiger partial charge in [-0.05, 0) is 56.8 Å². The van der Waals surface area contributed by atoms with Crippen molar-refractivity contribution in [2.75, 3.05) is 39.8 Å². The van der Waals surface area contributed by atoms with Crippen LogP contribution in [0.2, 0.25) is 5.02 Å². The molecule has 35 heavy (non-hydrogen) atoms. The minimum absolute atomic E-state index is 0.000621. The Bertz CT molecular complexity index is 802. The molecule has 3 N–H and O–H groups in total. The summed E-state index contributed by atoms with van der Waals surface area (Å²) in [6, 6.07) is 7.76. The number of likely N-dealkylation sites (N-methyl/N-ethyl adjacent to an activating group) is 2. The Labute approximate surface area is 215 Å². The smallest absolute Gasteiger partial charge is 0.317 e. The third kappa shape index (κ3) is 8.96. The maximum atomic E-state index is 13.3. The molecule has 7 nitrogen and oxygen atoms in total. The monoisotopic (exact) mass is 506 g/mol. The maximum Gasteiger partial charge on any atom is 0.317 e. The maximum absolute atomic E-state index is 13.3. The first-order valence-electron chi connectivity index (χ1n) is 13.3. The van der Waals surface area contributed by atoms with Gasteiger partial charge in [-0.3, -0.25) is 4.79 Å². The molecule has 1 aliphatic heterocycles. The van der Waals surface area contributed by atoms with Crippen molar-refractivity contribution in [2.45, 2.75) is 70.4 Å². The highest BCUT2D eigenvalue weighted by Crippen LogP contribution is 2.34. The van der Waals surface area contributed by atoms with E-state index in [0.29, 0.717) is 24.0 Å². The van der Waals surface area contributed by atoms with E-state index in [9.17, 15) is 9.59 Å². The molecule has 2 fully saturated rings. The molecule has 2 aliphatic rings. The van der Waals surface area contributed by atoms with E-state index in [1.165, 1.54) is 32.1 Å². The zero-order chi connectivity index (χ0) is 25.0. The highest BCUT2D eigenvalue weighted by atomic mass is 35.5. The van der Waals surface area contributed by atoms with Gasteiger partial charge >= 0.3 is 6.03 Å². The Morgan fingerprint density at radius 3 is 2.69 bits per heavy atom. The van der Waals surface area contributed by atoms with Crippen LogP contribution in [0.4, 0.5) is 4.79 Å². The number of piperidine rings is 1. The fourth-order valence-electron chi connectivity index (χ4n) is 5.57. The quantitative estimate of drug-likeness (QED) is 0.412. The molecule has 1 unspecified atom stereocenters. The van der Waals surface area contributed by atoms with Gasteiger partial charge in [0.25, 0.3) is 0 Å². The van der Waals surface area contributed by atoms with Crippen LogP contribution in [0.15, 0.2) is 24.3 Å². The average Bonchev–Trinajstić information content (AvgIpc) is 2.85. The van der Waals surface area contributed by atoms with Gasteiger partial charge < -0.3 is 25.6 Å². The summed E-state index contributed by atoms with van der Waals surface area (Å²) in [5, 5.41) is 9.99. The topological polar surface area (TPSA) is 82.7 Å². The Balaban J connectivity index is 1.64. The van der Waals surface area contributed by atoms with Gasteiger partial charge in [0.2, 0.25) is 5.91 Å². The molecule has 196 valence electrons. The number of ether oxygens (including phenoxy) is 1. The first-order valence-corrected chi connectivity index (χ1v) is 13.7. The summed E-state index contributed by atoms with van der Waals surface area (Å²) in [5.41, 5.74) is 0.944. The first kappa shape index (κ1) is 27.8. The van der Waals surface area contributed by atoms with E-state index in [0.717, 1.165) is 37.9 Å². The molecular formula is C27H43ClN4O3. The lowest BCUT2D eigenvalue weighted by atomic mass is 9.85. The molecular weight excluding hydrogens is 464 g/mol. The number of nitrogens with one attached hydrogen (secondary N) is 3. The summed E-state index contributed by atoms with van der Waals surface area (Å²) in [6.45, 7) is 4.54. The summed E-state index contributed by atoms with van der Waals surface area (Å²) >= 11 is 6.27. The third-order valence-electron chi connectivity index (χ3n) is 7.24. The van der Waals surface area contributed by atoms with Crippen LogP contribution in [-0.2, 0) is 9.53 Å². The summed E-state index contributed by atoms with van der Waals surface area (Å²) in [5.74, 6) is 0.650. The molecule has 1 saturated heterocycles. The summed E-state index contributed by atoms with van der Waals surface area (Å²) in [7, 11) is 1.94. The van der Waals surface area contributed by atoms with Gasteiger partial charge in [0.15, 0.2) is 0 Å². The molecule has 8 heteroatoms. The van der Waals surface area contributed by atoms with Gasteiger partial charge in [-0.1, -0.05) is 55.8 Å². The van der Waals surface area contributed by atoms with Crippen LogP contribution in [0.1, 0.15) is 70.0 Å². The number of likely N-dealkylation sites (tertiary alicyclic amines) is 1. The van der Waals surface area contributed by atoms with Crippen molar-refractivity contribution < 1.29 is 14.3 Å². The minimum atomic E-state index is -0.303. The van der Waals surface area contributed by atoms with Crippen molar-refractivity contribution in [1.29, 1.82) is 0 Å². The molecule has 1 heterocycles. The zero-order valence-electron chi connectivity index (χ0n) is 21.4. The third-order valence-corrected chi connectivity index (χ3v) is 7.47. The SMILES string of the molecule is CCNC(=O)COC(c1cccc(Cl)c1)[C@@H]1CCCN(C(=O)N[C@H](CNC)CC2CCCCC2)C1. The van der Waals surface area contributed by atoms with Gasteiger partial charge in [0, 0.05) is 43.2 Å². The number of carbonyl (C=O) groups excluding carboxylic acids is 2. The number of rotatable bonds is 11. The lowest BCUT2D eigenvalue weighted by Gasteiger charge is -2.38. The summed E-state index contributed by atoms with van der Waals surface area (Å²) in [6.07, 6.45) is 9.05. The van der Waals surface area contributed by atoms with Gasteiger partial charge in [-0.2, -0.15) is 0 Å². The van der Waals surface area contributed by atoms with Crippen LogP contribution in [0.5, 0.6) is 0 Å². The molecule has 0 bridgehead atoms. The van der Waals surface area contributed by atoms with Crippen LogP contribution < -0.4 is 16.0 Å². The number of carbonyl (C=O) groups is 2. The van der Waals surface area contributed by atoms with Crippen molar-refractivity contribution in [2.24, 2.45) is 11.8 Å². The predicted molar refractivity (Wildman–Crippen MR) is 141 cm³/mol. The van der Waals surface area contributed by atoms with Crippen LogP contribution in [0.25, 0.3) is 0 Å². The fourth-order valence-corrected chi connectivity index (χ4v) is 5.77. The molecule has 3 amide bonds. The second-order valence-electron chi connectivity index (χ2n) is 10.0. The number of nitrogens with zero attached hydrogens (tertiary/aromatic N) is 1. The van der Waals surface area contributed by atoms with E-state index in [1.54, 1.807) is 0 Å². The Hall–Kier alpha value is -1.83. The Morgan fingerprint density at radius 1 is 1.17 bits per heavy atom. The number of urea groups is 1. The van der Waals surface area contributed by atoms with Crippen LogP contribution in [0, 0.1) is 11.8 Å². The number of hydrogen-bond donors (Lipinski definition) is 3. The molecule has 0 radical (unpaired) electrons. The Kier molecular flexibility index (Phi) is 11.6. The van der Waals surface area contributed by atoms with Crippen molar-refractivity contribution in [3.05, 3.63) is 34.9 Å². The molecule has 0 aromatic heterocycles. The van der Waals surface area contributed by atoms with Crippen molar-refractivity contribution in [1.82, 2.24) is 20.9 Å². The van der Waals surface area contributed by atoms with Gasteiger partial charge in [0.1, 0.15) is 6.61 Å². The molecule has 0 spiro atoms. The number of benzene rings is 1. The van der Waals surface area contributed by atoms with Gasteiger partial charge in [-0.25, -0.2) is 4.79 Å². The fraction of sp³-hybridized carbons (Fsp3) is 0.704.